The third-order valence-corrected chi connectivity index (χ3v) is 5.32. The molecule has 3 rings (SSSR count). The molecule has 22 heavy (non-hydrogen) atoms. The third-order valence-electron chi connectivity index (χ3n) is 5.32. The van der Waals surface area contributed by atoms with Gasteiger partial charge in [-0.3, -0.25) is 0 Å². The fraction of sp³-hybridized carbons (Fsp3) is 0.684. The van der Waals surface area contributed by atoms with Crippen molar-refractivity contribution in [3.8, 4) is 5.75 Å². The number of methoxy groups -OCH3 is 1. The summed E-state index contributed by atoms with van der Waals surface area (Å²) in [6, 6.07) is 7.19. The molecule has 1 aromatic carbocycles. The summed E-state index contributed by atoms with van der Waals surface area (Å²) in [6.07, 6.45) is 9.09. The molecule has 0 amide bonds. The van der Waals surface area contributed by atoms with E-state index in [4.69, 9.17) is 4.74 Å². The number of nitrogens with one attached hydrogen (secondary N) is 2. The van der Waals surface area contributed by atoms with Crippen molar-refractivity contribution in [3.05, 3.63) is 29.3 Å². The van der Waals surface area contributed by atoms with Crippen molar-refractivity contribution in [2.45, 2.75) is 51.0 Å². The zero-order valence-corrected chi connectivity index (χ0v) is 13.9. The van der Waals surface area contributed by atoms with E-state index >= 15 is 0 Å². The highest BCUT2D eigenvalue weighted by Crippen LogP contribution is 2.25. The summed E-state index contributed by atoms with van der Waals surface area (Å²) >= 11 is 0. The van der Waals surface area contributed by atoms with E-state index in [1.807, 2.05) is 0 Å². The second kappa shape index (κ2) is 7.98. The predicted octanol–water partition coefficient (Wildman–Crippen LogP) is 2.92. The molecule has 2 N–H and O–H groups in total. The van der Waals surface area contributed by atoms with Crippen LogP contribution in [0.3, 0.4) is 0 Å². The number of aryl methyl sites for hydroxylation is 1. The minimum atomic E-state index is 0.646. The van der Waals surface area contributed by atoms with Gasteiger partial charge in [0.05, 0.1) is 7.11 Å². The van der Waals surface area contributed by atoms with Crippen LogP contribution >= 0.6 is 0 Å². The van der Waals surface area contributed by atoms with E-state index in [-0.39, 0.29) is 0 Å². The summed E-state index contributed by atoms with van der Waals surface area (Å²) in [7, 11) is 1.75. The van der Waals surface area contributed by atoms with Crippen molar-refractivity contribution in [1.29, 1.82) is 0 Å². The fourth-order valence-corrected chi connectivity index (χ4v) is 3.90. The second-order valence-electron chi connectivity index (χ2n) is 6.86. The molecule has 1 fully saturated rings. The first-order valence-corrected chi connectivity index (χ1v) is 8.95. The topological polar surface area (TPSA) is 33.3 Å². The predicted molar refractivity (Wildman–Crippen MR) is 91.6 cm³/mol. The molecule has 1 aliphatic heterocycles. The molecule has 1 atom stereocenters. The molecule has 2 aliphatic rings. The molecule has 3 nitrogen and oxygen atoms in total. The summed E-state index contributed by atoms with van der Waals surface area (Å²) < 4.78 is 5.36. The Morgan fingerprint density at radius 1 is 1.18 bits per heavy atom. The van der Waals surface area contributed by atoms with Gasteiger partial charge >= 0.3 is 0 Å². The molecule has 122 valence electrons. The van der Waals surface area contributed by atoms with Gasteiger partial charge in [-0.05, 0) is 93.8 Å². The van der Waals surface area contributed by atoms with Crippen molar-refractivity contribution < 1.29 is 4.74 Å². The summed E-state index contributed by atoms with van der Waals surface area (Å²) in [6.45, 7) is 3.62. The van der Waals surface area contributed by atoms with Crippen molar-refractivity contribution in [2.24, 2.45) is 5.92 Å². The van der Waals surface area contributed by atoms with Crippen LogP contribution in [0.4, 0.5) is 0 Å². The summed E-state index contributed by atoms with van der Waals surface area (Å²) in [5, 5.41) is 7.23. The molecule has 1 heterocycles. The molecule has 3 heteroatoms. The highest BCUT2D eigenvalue weighted by molar-refractivity contribution is 5.37. The van der Waals surface area contributed by atoms with Crippen LogP contribution in [0.15, 0.2) is 18.2 Å². The third kappa shape index (κ3) is 4.23. The van der Waals surface area contributed by atoms with Gasteiger partial charge in [-0.2, -0.15) is 0 Å². The van der Waals surface area contributed by atoms with E-state index in [2.05, 4.69) is 28.8 Å². The van der Waals surface area contributed by atoms with Gasteiger partial charge in [0.25, 0.3) is 0 Å². The van der Waals surface area contributed by atoms with Crippen LogP contribution in [-0.4, -0.2) is 32.8 Å². The van der Waals surface area contributed by atoms with Gasteiger partial charge in [0.15, 0.2) is 0 Å². The monoisotopic (exact) mass is 302 g/mol. The maximum atomic E-state index is 5.36. The van der Waals surface area contributed by atoms with E-state index in [0.29, 0.717) is 6.04 Å². The summed E-state index contributed by atoms with van der Waals surface area (Å²) in [4.78, 5) is 0. The first kappa shape index (κ1) is 15.8. The standard InChI is InChI=1S/C19H30N2O/c1-22-19-7-5-16-4-6-18(13-17(16)14-19)21-10-2-3-15-8-11-20-12-9-15/h5,7,14-15,18,20-21H,2-4,6,8-13H2,1H3. The average Bonchev–Trinajstić information content (AvgIpc) is 2.59. The molecule has 1 unspecified atom stereocenters. The maximum Gasteiger partial charge on any atom is 0.119 e. The molecule has 0 spiro atoms. The van der Waals surface area contributed by atoms with Gasteiger partial charge in [-0.15, -0.1) is 0 Å². The first-order valence-electron chi connectivity index (χ1n) is 8.95. The van der Waals surface area contributed by atoms with Crippen molar-refractivity contribution in [1.82, 2.24) is 10.6 Å². The zero-order valence-electron chi connectivity index (χ0n) is 13.9. The Bertz CT molecular complexity index is 469. The largest absolute Gasteiger partial charge is 0.497 e. The smallest absolute Gasteiger partial charge is 0.119 e. The lowest BCUT2D eigenvalue weighted by atomic mass is 9.88. The molecule has 0 aromatic heterocycles. The highest BCUT2D eigenvalue weighted by Gasteiger charge is 2.19. The Hall–Kier alpha value is -1.06. The quantitative estimate of drug-likeness (QED) is 0.793. The molecule has 1 aromatic rings. The fourth-order valence-electron chi connectivity index (χ4n) is 3.90. The summed E-state index contributed by atoms with van der Waals surface area (Å²) in [5.74, 6) is 1.95. The normalized spacial score (nSPS) is 22.3. The van der Waals surface area contributed by atoms with Crippen LogP contribution in [0, 0.1) is 5.92 Å². The zero-order chi connectivity index (χ0) is 15.2. The number of benzene rings is 1. The van der Waals surface area contributed by atoms with Gasteiger partial charge in [0.1, 0.15) is 5.75 Å². The Morgan fingerprint density at radius 2 is 2.05 bits per heavy atom. The van der Waals surface area contributed by atoms with Crippen molar-refractivity contribution in [3.63, 3.8) is 0 Å². The van der Waals surface area contributed by atoms with E-state index in [9.17, 15) is 0 Å². The number of rotatable bonds is 6. The van der Waals surface area contributed by atoms with Gasteiger partial charge in [0.2, 0.25) is 0 Å². The van der Waals surface area contributed by atoms with Gasteiger partial charge in [-0.1, -0.05) is 6.07 Å². The van der Waals surface area contributed by atoms with Crippen molar-refractivity contribution >= 4 is 0 Å². The van der Waals surface area contributed by atoms with E-state index in [1.165, 1.54) is 69.3 Å². The highest BCUT2D eigenvalue weighted by atomic mass is 16.5. The second-order valence-corrected chi connectivity index (χ2v) is 6.86. The van der Waals surface area contributed by atoms with Crippen LogP contribution < -0.4 is 15.4 Å². The molecule has 0 radical (unpaired) electrons. The SMILES string of the molecule is COc1ccc2c(c1)CC(NCCCC1CCNCC1)CC2. The summed E-state index contributed by atoms with van der Waals surface area (Å²) in [5.41, 5.74) is 2.98. The van der Waals surface area contributed by atoms with Gasteiger partial charge in [0, 0.05) is 6.04 Å². The molecule has 0 saturated carbocycles. The van der Waals surface area contributed by atoms with Crippen LogP contribution in [0.1, 0.15) is 43.2 Å². The van der Waals surface area contributed by atoms with Crippen LogP contribution in [0.25, 0.3) is 0 Å². The lowest BCUT2D eigenvalue weighted by Crippen LogP contribution is -2.35. The minimum Gasteiger partial charge on any atom is -0.497 e. The molecular weight excluding hydrogens is 272 g/mol. The lowest BCUT2D eigenvalue weighted by Gasteiger charge is -2.27. The number of fused-ring (bicyclic) bond motifs is 1. The average molecular weight is 302 g/mol. The Morgan fingerprint density at radius 3 is 2.86 bits per heavy atom. The van der Waals surface area contributed by atoms with Crippen LogP contribution in [0.2, 0.25) is 0 Å². The van der Waals surface area contributed by atoms with Crippen LogP contribution in [-0.2, 0) is 12.8 Å². The minimum absolute atomic E-state index is 0.646. The Labute approximate surface area is 134 Å². The Balaban J connectivity index is 1.40. The van der Waals surface area contributed by atoms with Crippen molar-refractivity contribution in [2.75, 3.05) is 26.7 Å². The maximum absolute atomic E-state index is 5.36. The molecule has 0 bridgehead atoms. The number of hydrogen-bond donors (Lipinski definition) is 2. The number of hydrogen-bond acceptors (Lipinski definition) is 3. The molecule has 1 saturated heterocycles. The number of piperidine rings is 1. The Kier molecular flexibility index (Phi) is 5.74. The van der Waals surface area contributed by atoms with E-state index in [1.54, 1.807) is 7.11 Å². The number of ether oxygens (including phenoxy) is 1. The molecule has 1 aliphatic carbocycles. The lowest BCUT2D eigenvalue weighted by molar-refractivity contribution is 0.339. The van der Waals surface area contributed by atoms with E-state index < -0.39 is 0 Å². The first-order chi connectivity index (χ1) is 10.8. The van der Waals surface area contributed by atoms with Crippen LogP contribution in [0.5, 0.6) is 5.75 Å². The molecular formula is C19H30N2O. The van der Waals surface area contributed by atoms with E-state index in [0.717, 1.165) is 18.1 Å². The van der Waals surface area contributed by atoms with Gasteiger partial charge in [-0.25, -0.2) is 0 Å². The van der Waals surface area contributed by atoms with Gasteiger partial charge < -0.3 is 15.4 Å².